The lowest BCUT2D eigenvalue weighted by molar-refractivity contribution is 0.359. The summed E-state index contributed by atoms with van der Waals surface area (Å²) in [5.41, 5.74) is 15.8. The molecule has 1 N–H and O–H groups in total. The molecule has 0 saturated carbocycles. The van der Waals surface area contributed by atoms with Crippen LogP contribution >= 0.6 is 15.5 Å². The van der Waals surface area contributed by atoms with Gasteiger partial charge in [-0.15, -0.1) is 0 Å². The van der Waals surface area contributed by atoms with Crippen LogP contribution in [0.25, 0.3) is 154 Å². The van der Waals surface area contributed by atoms with E-state index in [-0.39, 0.29) is 23.0 Å². The fraction of sp³-hybridized carbons (Fsp3) is 0. The Balaban J connectivity index is 0.957. The van der Waals surface area contributed by atoms with Crippen molar-refractivity contribution in [3.05, 3.63) is 340 Å². The van der Waals surface area contributed by atoms with Gasteiger partial charge in [0.2, 0.25) is 0 Å². The van der Waals surface area contributed by atoms with E-state index in [1.54, 1.807) is 0 Å². The van der Waals surface area contributed by atoms with E-state index >= 15 is 9.13 Å². The molecule has 0 aliphatic carbocycles. The summed E-state index contributed by atoms with van der Waals surface area (Å²) >= 11 is 0. The Bertz CT molecular complexity index is 5220. The van der Waals surface area contributed by atoms with Crippen molar-refractivity contribution in [3.63, 3.8) is 0 Å². The maximum Gasteiger partial charge on any atom is 0.524 e. The first-order chi connectivity index (χ1) is 47.8. The Labute approximate surface area is 561 Å². The van der Waals surface area contributed by atoms with Crippen LogP contribution in [-0.4, -0.2) is 0 Å². The highest BCUT2D eigenvalue weighted by Gasteiger charge is 2.50. The van der Waals surface area contributed by atoms with E-state index in [2.05, 4.69) is 175 Å². The van der Waals surface area contributed by atoms with E-state index in [9.17, 15) is 0 Å². The van der Waals surface area contributed by atoms with Crippen LogP contribution in [0.3, 0.4) is 0 Å². The minimum atomic E-state index is -5.27. The Morgan fingerprint density at radius 1 is 0.196 bits per heavy atom. The van der Waals surface area contributed by atoms with Gasteiger partial charge >= 0.3 is 15.5 Å². The minimum absolute atomic E-state index is 0.240. The lowest BCUT2D eigenvalue weighted by Crippen LogP contribution is -2.21. The van der Waals surface area contributed by atoms with Crippen LogP contribution in [0.5, 0.6) is 23.0 Å². The first kappa shape index (κ1) is 57.8. The lowest BCUT2D eigenvalue weighted by Gasteiger charge is -2.26. The van der Waals surface area contributed by atoms with Gasteiger partial charge in [-0.2, -0.15) is 0 Å². The number of hydrogen-bond donors (Lipinski definition) is 1. The fourth-order valence-electron chi connectivity index (χ4n) is 14.6. The molecule has 0 fully saturated rings. The van der Waals surface area contributed by atoms with Gasteiger partial charge in [-0.1, -0.05) is 320 Å². The predicted octanol–water partition coefficient (Wildman–Crippen LogP) is 25.0. The van der Waals surface area contributed by atoms with Crippen molar-refractivity contribution in [2.75, 3.05) is 0 Å². The molecule has 18 rings (SSSR count). The SMILES string of the molecule is O=P1(NP2(=O)Oc3c(-c4ccccc4-c4ccccc4)cc4ccccc4c3-c3c(c(-c4ccccc4-c4ccccc4)cc4ccccc34)O2)Oc2c(-c3ccccc3-c3ccccc3)cc3ccccc3c2-c2c(c(-c3ccccc3-c3ccccc3)cc3ccccc23)O1. The molecule has 2 aliphatic rings. The molecule has 0 bridgehead atoms. The molecular formula is C88H57NO6P2. The zero-order valence-corrected chi connectivity index (χ0v) is 54.0. The van der Waals surface area contributed by atoms with Crippen molar-refractivity contribution < 1.29 is 27.2 Å². The minimum Gasteiger partial charge on any atom is -0.403 e. The van der Waals surface area contributed by atoms with E-state index in [1.165, 1.54) is 0 Å². The third kappa shape index (κ3) is 10.0. The van der Waals surface area contributed by atoms with Gasteiger partial charge in [-0.3, -0.25) is 0 Å². The molecule has 16 aromatic carbocycles. The van der Waals surface area contributed by atoms with Gasteiger partial charge in [0.15, 0.2) is 0 Å². The summed E-state index contributed by atoms with van der Waals surface area (Å²) in [5.74, 6) is 0.961. The van der Waals surface area contributed by atoms with E-state index in [0.717, 1.165) is 110 Å². The summed E-state index contributed by atoms with van der Waals surface area (Å²) in [6, 6.07) is 115. The van der Waals surface area contributed by atoms with Gasteiger partial charge < -0.3 is 18.1 Å². The summed E-state index contributed by atoms with van der Waals surface area (Å²) in [7, 11) is -10.5. The zero-order valence-electron chi connectivity index (χ0n) is 52.2. The maximum atomic E-state index is 18.1. The predicted molar refractivity (Wildman–Crippen MR) is 398 cm³/mol. The van der Waals surface area contributed by atoms with Gasteiger partial charge in [0, 0.05) is 44.5 Å². The Morgan fingerprint density at radius 3 is 0.608 bits per heavy atom. The van der Waals surface area contributed by atoms with Crippen molar-refractivity contribution in [2.45, 2.75) is 0 Å². The standard InChI is InChI=1S/C88H57NO6P2/c90-96(92-85-77(73-49-25-21-41-65(73)57-29-5-1-6-30-57)53-61-37-13-17-45-69(61)81(85)82-70-46-18-14-38-62(70)54-78(86(82)93-96)74-50-26-22-42-66(74)58-31-7-2-8-32-58)89-97(91)94-87-79(75-51-27-23-43-67(75)59-33-9-3-10-34-59)55-63-39-15-19-47-71(63)83(87)84-72-48-20-16-40-64(72)56-80(88(84)95-97)76-52-28-24-44-68(76)60-35-11-4-12-36-60/h1-56H,(H,89,90,91). The van der Waals surface area contributed by atoms with E-state index < -0.39 is 15.5 Å². The lowest BCUT2D eigenvalue weighted by atomic mass is 9.84. The number of benzene rings is 16. The normalized spacial score (nSPS) is 13.4. The second-order valence-corrected chi connectivity index (χ2v) is 28.0. The second-order valence-electron chi connectivity index (χ2n) is 24.5. The van der Waals surface area contributed by atoms with Crippen LogP contribution in [0.4, 0.5) is 0 Å². The number of hydrogen-bond acceptors (Lipinski definition) is 6. The Morgan fingerprint density at radius 2 is 0.381 bits per heavy atom. The Hall–Kier alpha value is -11.8. The van der Waals surface area contributed by atoms with E-state index in [1.807, 2.05) is 170 Å². The highest BCUT2D eigenvalue weighted by atomic mass is 31.3. The molecule has 0 amide bonds. The van der Waals surface area contributed by atoms with Crippen LogP contribution in [-0.2, 0) is 9.13 Å². The van der Waals surface area contributed by atoms with Gasteiger partial charge in [0.05, 0.1) is 0 Å². The van der Waals surface area contributed by atoms with Crippen LogP contribution in [0.15, 0.2) is 340 Å². The third-order valence-corrected chi connectivity index (χ3v) is 22.5. The second kappa shape index (κ2) is 23.6. The van der Waals surface area contributed by atoms with Crippen molar-refractivity contribution in [2.24, 2.45) is 0 Å². The highest BCUT2D eigenvalue weighted by molar-refractivity contribution is 7.68. The molecule has 2 aliphatic heterocycles. The summed E-state index contributed by atoms with van der Waals surface area (Å²) in [6.07, 6.45) is 0. The van der Waals surface area contributed by atoms with Gasteiger partial charge in [0.1, 0.15) is 23.0 Å². The van der Waals surface area contributed by atoms with Crippen LogP contribution in [0.1, 0.15) is 0 Å². The topological polar surface area (TPSA) is 83.1 Å². The van der Waals surface area contributed by atoms with Gasteiger partial charge in [-0.05, 0) is 134 Å². The van der Waals surface area contributed by atoms with Crippen molar-refractivity contribution in [3.8, 4) is 134 Å². The first-order valence-corrected chi connectivity index (χ1v) is 35.5. The molecule has 0 aromatic heterocycles. The molecular weight excluding hydrogens is 1230 g/mol. The summed E-state index contributed by atoms with van der Waals surface area (Å²) in [6.45, 7) is 0. The molecule has 460 valence electrons. The molecule has 0 atom stereocenters. The summed E-state index contributed by atoms with van der Waals surface area (Å²) in [4.78, 5) is 3.17. The molecule has 0 radical (unpaired) electrons. The smallest absolute Gasteiger partial charge is 0.403 e. The average Bonchev–Trinajstić information content (AvgIpc) is 1.65. The number of rotatable bonds is 10. The molecule has 9 heteroatoms. The molecule has 0 saturated heterocycles. The van der Waals surface area contributed by atoms with Crippen molar-refractivity contribution >= 4 is 58.6 Å². The monoisotopic (exact) mass is 1290 g/mol. The van der Waals surface area contributed by atoms with Crippen LogP contribution in [0.2, 0.25) is 0 Å². The molecule has 16 aromatic rings. The van der Waals surface area contributed by atoms with E-state index in [0.29, 0.717) is 44.5 Å². The molecule has 2 heterocycles. The van der Waals surface area contributed by atoms with Crippen LogP contribution in [0, 0.1) is 0 Å². The molecule has 0 spiro atoms. The number of nitrogens with one attached hydrogen (secondary N) is 1. The Kier molecular flexibility index (Phi) is 14.1. The van der Waals surface area contributed by atoms with Crippen LogP contribution < -0.4 is 23.0 Å². The third-order valence-electron chi connectivity index (χ3n) is 18.8. The van der Waals surface area contributed by atoms with E-state index in [4.69, 9.17) is 18.1 Å². The quantitative estimate of drug-likeness (QED) is 0.137. The molecule has 7 nitrogen and oxygen atoms in total. The zero-order chi connectivity index (χ0) is 64.6. The van der Waals surface area contributed by atoms with Gasteiger partial charge in [-0.25, -0.2) is 9.13 Å². The van der Waals surface area contributed by atoms with Crippen molar-refractivity contribution in [1.82, 2.24) is 4.86 Å². The van der Waals surface area contributed by atoms with Gasteiger partial charge in [0.25, 0.3) is 0 Å². The van der Waals surface area contributed by atoms with Crippen molar-refractivity contribution in [1.29, 1.82) is 0 Å². The average molecular weight is 1290 g/mol. The molecule has 97 heavy (non-hydrogen) atoms. The maximum absolute atomic E-state index is 18.1. The summed E-state index contributed by atoms with van der Waals surface area (Å²) in [5, 5.41) is 6.87. The summed E-state index contributed by atoms with van der Waals surface area (Å²) < 4.78 is 66.4. The highest BCUT2D eigenvalue weighted by Crippen LogP contribution is 2.69. The molecule has 0 unspecified atom stereocenters. The fourth-order valence-corrected chi connectivity index (χ4v) is 18.2. The first-order valence-electron chi connectivity index (χ1n) is 32.4. The number of fused-ring (bicyclic) bond motifs is 14. The largest absolute Gasteiger partial charge is 0.524 e.